The third kappa shape index (κ3) is 15.1. The third-order valence-electron chi connectivity index (χ3n) is 13.2. The van der Waals surface area contributed by atoms with Gasteiger partial charge in [-0.2, -0.15) is 16.8 Å². The predicted molar refractivity (Wildman–Crippen MR) is 288 cm³/mol. The van der Waals surface area contributed by atoms with Crippen LogP contribution in [0, 0.1) is 11.8 Å². The number of aromatic nitrogens is 1. The van der Waals surface area contributed by atoms with E-state index in [1.165, 1.54) is 84.0 Å². The van der Waals surface area contributed by atoms with Crippen molar-refractivity contribution in [1.29, 1.82) is 0 Å². The Kier molecular flexibility index (Phi) is 20.1. The van der Waals surface area contributed by atoms with Crippen LogP contribution in [0.4, 0.5) is 5.69 Å². The van der Waals surface area contributed by atoms with Crippen LogP contribution in [0.3, 0.4) is 0 Å². The van der Waals surface area contributed by atoms with Crippen molar-refractivity contribution in [2.24, 2.45) is 11.8 Å². The van der Waals surface area contributed by atoms with E-state index in [1.54, 1.807) is 0 Å². The number of carbonyl (C=O) groups is 5. The topological polar surface area (TPSA) is 274 Å². The first-order valence-electron chi connectivity index (χ1n) is 25.3. The summed E-state index contributed by atoms with van der Waals surface area (Å²) in [5.41, 5.74) is 5.59. The maximum absolute atomic E-state index is 13.3. The number of para-hydroxylation sites is 2. The lowest BCUT2D eigenvalue weighted by Crippen LogP contribution is -2.50. The van der Waals surface area contributed by atoms with Crippen LogP contribution >= 0.6 is 0 Å². The van der Waals surface area contributed by atoms with E-state index in [9.17, 15) is 45.9 Å². The van der Waals surface area contributed by atoms with Gasteiger partial charge in [0.2, 0.25) is 6.41 Å². The van der Waals surface area contributed by atoms with Crippen molar-refractivity contribution >= 4 is 77.8 Å². The molecule has 2 amide bonds. The number of ether oxygens (including phenoxy) is 3. The molecule has 2 aliphatic heterocycles. The van der Waals surface area contributed by atoms with Gasteiger partial charge in [-0.3, -0.25) is 28.3 Å². The second-order valence-corrected chi connectivity index (χ2v) is 22.2. The molecule has 21 heteroatoms. The van der Waals surface area contributed by atoms with Crippen LogP contribution in [0.25, 0.3) is 21.7 Å². The van der Waals surface area contributed by atoms with Crippen molar-refractivity contribution < 1.29 is 69.2 Å². The van der Waals surface area contributed by atoms with Crippen LogP contribution in [-0.2, 0) is 73.1 Å². The van der Waals surface area contributed by atoms with Crippen LogP contribution < -0.4 is 10.6 Å². The molecule has 3 heterocycles. The monoisotopic (exact) mass is 1100 g/mol. The Bertz CT molecular complexity index is 3240. The summed E-state index contributed by atoms with van der Waals surface area (Å²) >= 11 is 0. The molecule has 8 rings (SSSR count). The lowest BCUT2D eigenvalue weighted by Gasteiger charge is -2.29. The number of rotatable bonds is 15. The van der Waals surface area contributed by atoms with E-state index >= 15 is 0 Å². The van der Waals surface area contributed by atoms with Crippen LogP contribution in [-0.4, -0.2) is 109 Å². The number of unbranched alkanes of at least 4 members (excludes halogenated alkanes) is 2. The molecule has 1 fully saturated rings. The Labute approximate surface area is 448 Å². The van der Waals surface area contributed by atoms with Crippen LogP contribution in [0.5, 0.6) is 5.75 Å². The molecule has 0 radical (unpaired) electrons. The molecule has 412 valence electrons. The number of amides is 2. The second kappa shape index (κ2) is 26.3. The smallest absolute Gasteiger partial charge is 0.332 e. The average molecular weight is 1100 g/mol. The van der Waals surface area contributed by atoms with E-state index < -0.39 is 89.9 Å². The molecule has 1 aromatic heterocycles. The van der Waals surface area contributed by atoms with Crippen molar-refractivity contribution in [3.63, 3.8) is 0 Å². The zero-order valence-corrected chi connectivity index (χ0v) is 45.4. The normalized spacial score (nSPS) is 18.9. The van der Waals surface area contributed by atoms with Gasteiger partial charge >= 0.3 is 17.9 Å². The number of phenolic OH excluding ortho intramolecular Hbond substituents is 1. The molecule has 0 bridgehead atoms. The number of nitrogens with zero attached hydrogens (tertiary/aromatic N) is 2. The maximum atomic E-state index is 13.3. The van der Waals surface area contributed by atoms with Crippen LogP contribution in [0.1, 0.15) is 93.9 Å². The largest absolute Gasteiger partial charge is 0.505 e. The quantitative estimate of drug-likeness (QED) is 0.0162. The van der Waals surface area contributed by atoms with Gasteiger partial charge in [-0.25, -0.2) is 4.79 Å². The van der Waals surface area contributed by atoms with Gasteiger partial charge in [0.05, 0.1) is 17.2 Å². The molecule has 5 N–H and O–H groups in total. The molecular formula is C56H66N4O15S2. The Morgan fingerprint density at radius 1 is 0.792 bits per heavy atom. The maximum Gasteiger partial charge on any atom is 0.332 e. The summed E-state index contributed by atoms with van der Waals surface area (Å²) < 4.78 is 82.1. The van der Waals surface area contributed by atoms with Gasteiger partial charge in [0.1, 0.15) is 22.0 Å². The molecular weight excluding hydrogens is 1030 g/mol. The number of phenols is 1. The summed E-state index contributed by atoms with van der Waals surface area (Å²) in [6.07, 6.45) is 1.21. The van der Waals surface area contributed by atoms with Gasteiger partial charge < -0.3 is 39.4 Å². The molecule has 2 aliphatic rings. The molecule has 19 nitrogen and oxygen atoms in total. The summed E-state index contributed by atoms with van der Waals surface area (Å²) in [4.78, 5) is 64.3. The van der Waals surface area contributed by atoms with E-state index in [1.807, 2.05) is 20.8 Å². The Morgan fingerprint density at radius 3 is 2.00 bits per heavy atom. The summed E-state index contributed by atoms with van der Waals surface area (Å²) in [5, 5.41) is 16.6. The highest BCUT2D eigenvalue weighted by atomic mass is 32.2. The molecule has 0 saturated carbocycles. The number of benzene rings is 5. The Hall–Kier alpha value is -7.17. The van der Waals surface area contributed by atoms with E-state index in [4.69, 9.17) is 23.3 Å². The fraction of sp³-hybridized carbons (Fsp3) is 0.375. The van der Waals surface area contributed by atoms with Crippen molar-refractivity contribution in [3.05, 3.63) is 132 Å². The molecule has 0 aliphatic carbocycles. The highest BCUT2D eigenvalue weighted by molar-refractivity contribution is 7.86. The molecule has 6 aromatic rings. The predicted octanol–water partition coefficient (Wildman–Crippen LogP) is 8.10. The van der Waals surface area contributed by atoms with Crippen molar-refractivity contribution in [3.8, 4) is 5.75 Å². The van der Waals surface area contributed by atoms with E-state index in [0.717, 1.165) is 51.0 Å². The third-order valence-corrected chi connectivity index (χ3v) is 15.0. The summed E-state index contributed by atoms with van der Waals surface area (Å²) in [5.74, 6) is -4.27. The zero-order valence-electron chi connectivity index (χ0n) is 43.7. The molecule has 5 atom stereocenters. The minimum absolute atomic E-state index is 0.00114. The van der Waals surface area contributed by atoms with Gasteiger partial charge in [-0.05, 0) is 74.7 Å². The number of carbonyl (C=O) groups excluding carboxylic acids is 5. The minimum Gasteiger partial charge on any atom is -0.505 e. The summed E-state index contributed by atoms with van der Waals surface area (Å²) in [6.45, 7) is 11.9. The van der Waals surface area contributed by atoms with Gasteiger partial charge in [-0.1, -0.05) is 119 Å². The van der Waals surface area contributed by atoms with Crippen LogP contribution in [0.2, 0.25) is 0 Å². The number of cyclic esters (lactones) is 2. The molecule has 0 spiro atoms. The summed E-state index contributed by atoms with van der Waals surface area (Å²) in [7, 11) is -6.72. The van der Waals surface area contributed by atoms with E-state index in [-0.39, 0.29) is 34.4 Å². The first-order chi connectivity index (χ1) is 36.5. The fourth-order valence-electron chi connectivity index (χ4n) is 9.41. The lowest BCUT2D eigenvalue weighted by atomic mass is 9.92. The summed E-state index contributed by atoms with van der Waals surface area (Å²) in [6, 6.07) is 29.8. The van der Waals surface area contributed by atoms with Crippen molar-refractivity contribution in [1.82, 2.24) is 14.8 Å². The molecule has 5 aromatic carbocycles. The number of aromatic hydroxyl groups is 1. The van der Waals surface area contributed by atoms with E-state index in [2.05, 4.69) is 81.7 Å². The zero-order chi connectivity index (χ0) is 56.2. The molecule has 1 saturated heterocycles. The first kappa shape index (κ1) is 59.1. The Balaban J connectivity index is 0.000000205. The second-order valence-electron chi connectivity index (χ2n) is 19.4. The Morgan fingerprint density at radius 2 is 1.39 bits per heavy atom. The molecule has 77 heavy (non-hydrogen) atoms. The van der Waals surface area contributed by atoms with Crippen molar-refractivity contribution in [2.45, 2.75) is 120 Å². The number of nitrogens with one attached hydrogen (secondary N) is 2. The first-order valence-corrected chi connectivity index (χ1v) is 28.1. The van der Waals surface area contributed by atoms with Crippen LogP contribution in [0.15, 0.2) is 119 Å². The fourth-order valence-corrected chi connectivity index (χ4v) is 10.8. The van der Waals surface area contributed by atoms with Gasteiger partial charge in [0.15, 0.2) is 17.9 Å². The average Bonchev–Trinajstić information content (AvgIpc) is 3.70. The van der Waals surface area contributed by atoms with Gasteiger partial charge in [-0.15, -0.1) is 0 Å². The minimum atomic E-state index is -4.47. The van der Waals surface area contributed by atoms with Gasteiger partial charge in [0.25, 0.3) is 26.1 Å². The van der Waals surface area contributed by atoms with Crippen molar-refractivity contribution in [2.75, 3.05) is 18.9 Å². The highest BCUT2D eigenvalue weighted by Gasteiger charge is 2.44. The molecule has 5 unspecified atom stereocenters. The number of hydrogen-bond donors (Lipinski definition) is 5. The number of anilines is 1. The van der Waals surface area contributed by atoms with Gasteiger partial charge in [0, 0.05) is 59.8 Å². The standard InChI is InChI=1S/C27H38N2O9.C19H20N2.C10H8O6S2/c1-6-7-8-10-19-24(38-21(31)13-15(2)3)17(5)37-27(35)22(16(4)36-26(19)34)29-25(33)18-11-9-12-20(23(18)32)28-14-30;1-20-12-11-19-17(14-20)16-9-5-6-10-18(16)21(19)13-15-7-3-2-4-8-15;11-17(12,13)9-5-1-3-7-8(9)4-2-6-10(7)18(14,15)16/h9,11-12,14-17,19,22,24,32H,6-8,10,13H2,1-5H3,(H,28,30)(H,29,33);2-10H,11-14H2,1H3;1-6H,(H,11,12,13)(H,14,15,16). The number of likely N-dealkylation sites (N-methyl/N-ethyl adjacent to an activating group) is 1. The highest BCUT2D eigenvalue weighted by Crippen LogP contribution is 2.33. The number of fused-ring (bicyclic) bond motifs is 4. The van der Waals surface area contributed by atoms with E-state index in [0.29, 0.717) is 19.3 Å². The number of hydrogen-bond acceptors (Lipinski definition) is 14. The number of esters is 3. The lowest BCUT2D eigenvalue weighted by molar-refractivity contribution is -0.175. The SMILES string of the molecule is CCCCCC1C(=O)OC(C)C(NC(=O)c2cccc(NC=O)c2O)C(=O)OC(C)C1OC(=O)CC(C)C.CN1CCc2c(c3ccccc3n2Cc2ccccc2)C1.O=S(=O)(O)c1cccc2c(S(=O)(=O)O)cccc12.